The standard InChI is InChI=1S/C23H29N5O6/c1-22(2,3)34-21(30)25-23(14-24,20(29)31-4)13-16-9-11-17(12-10-16)32-15-33-28-19-8-6-5-7-18(19)26-27-28/h5-12,14,18-19,24H,13,15H2,1-4H3,(H,25,30)/t18?,19-,23?/m1/s1. The molecule has 0 radical (unpaired) electrons. The maximum Gasteiger partial charge on any atom is 0.408 e. The van der Waals surface area contributed by atoms with Crippen LogP contribution in [0, 0.1) is 5.41 Å². The Morgan fingerprint density at radius 3 is 2.53 bits per heavy atom. The van der Waals surface area contributed by atoms with Gasteiger partial charge < -0.3 is 24.9 Å². The Hall–Kier alpha value is -3.73. The van der Waals surface area contributed by atoms with Crippen molar-refractivity contribution < 1.29 is 28.6 Å². The number of ether oxygens (including phenoxy) is 3. The molecule has 11 nitrogen and oxygen atoms in total. The van der Waals surface area contributed by atoms with Gasteiger partial charge in [-0.25, -0.2) is 14.4 Å². The third-order valence-electron chi connectivity index (χ3n) is 4.94. The van der Waals surface area contributed by atoms with Crippen LogP contribution < -0.4 is 10.1 Å². The first kappa shape index (κ1) is 24.9. The van der Waals surface area contributed by atoms with Crippen LogP contribution in [-0.2, 0) is 25.5 Å². The molecule has 0 saturated heterocycles. The molecule has 0 aromatic heterocycles. The number of carbonyl (C=O) groups is 2. The third kappa shape index (κ3) is 6.19. The van der Waals surface area contributed by atoms with Crippen LogP contribution in [0.5, 0.6) is 5.75 Å². The molecule has 0 saturated carbocycles. The zero-order valence-electron chi connectivity index (χ0n) is 19.6. The van der Waals surface area contributed by atoms with E-state index in [2.05, 4.69) is 15.7 Å². The molecule has 2 unspecified atom stereocenters. The van der Waals surface area contributed by atoms with Crippen molar-refractivity contribution in [2.24, 2.45) is 10.3 Å². The van der Waals surface area contributed by atoms with Gasteiger partial charge in [0.25, 0.3) is 0 Å². The number of benzene rings is 1. The summed E-state index contributed by atoms with van der Waals surface area (Å²) in [6.07, 6.45) is 7.71. The van der Waals surface area contributed by atoms with Gasteiger partial charge in [-0.1, -0.05) is 36.4 Å². The fraction of sp³-hybridized carbons (Fsp3) is 0.435. The maximum atomic E-state index is 12.5. The summed E-state index contributed by atoms with van der Waals surface area (Å²) in [5, 5.41) is 19.8. The second kappa shape index (κ2) is 10.5. The number of carbonyl (C=O) groups excluding carboxylic acids is 2. The van der Waals surface area contributed by atoms with Gasteiger partial charge in [0, 0.05) is 12.6 Å². The van der Waals surface area contributed by atoms with E-state index in [1.807, 2.05) is 24.3 Å². The highest BCUT2D eigenvalue weighted by Gasteiger charge is 2.41. The largest absolute Gasteiger partial charge is 0.467 e. The van der Waals surface area contributed by atoms with Crippen LogP contribution in [0.25, 0.3) is 0 Å². The lowest BCUT2D eigenvalue weighted by Gasteiger charge is -2.29. The number of fused-ring (bicyclic) bond motifs is 1. The van der Waals surface area contributed by atoms with Crippen LogP contribution >= 0.6 is 0 Å². The molecule has 1 aromatic rings. The first-order valence-corrected chi connectivity index (χ1v) is 10.7. The fourth-order valence-electron chi connectivity index (χ4n) is 3.33. The van der Waals surface area contributed by atoms with Crippen LogP contribution in [0.1, 0.15) is 26.3 Å². The van der Waals surface area contributed by atoms with Gasteiger partial charge in [-0.15, -0.1) is 5.17 Å². The van der Waals surface area contributed by atoms with Crippen molar-refractivity contribution in [2.45, 2.75) is 50.4 Å². The van der Waals surface area contributed by atoms with E-state index in [1.165, 1.54) is 12.3 Å². The summed E-state index contributed by atoms with van der Waals surface area (Å²) < 4.78 is 15.7. The van der Waals surface area contributed by atoms with Crippen molar-refractivity contribution in [1.82, 2.24) is 10.5 Å². The van der Waals surface area contributed by atoms with Gasteiger partial charge in [0.1, 0.15) is 23.4 Å². The fourth-order valence-corrected chi connectivity index (χ4v) is 3.33. The molecule has 3 atom stereocenters. The Morgan fingerprint density at radius 2 is 1.88 bits per heavy atom. The second-order valence-corrected chi connectivity index (χ2v) is 8.70. The van der Waals surface area contributed by atoms with E-state index >= 15 is 0 Å². The number of hydrogen-bond acceptors (Lipinski definition) is 10. The van der Waals surface area contributed by atoms with E-state index in [1.54, 1.807) is 45.0 Å². The molecule has 2 aliphatic rings. The maximum absolute atomic E-state index is 12.5. The number of nitrogens with one attached hydrogen (secondary N) is 2. The predicted octanol–water partition coefficient (Wildman–Crippen LogP) is 3.13. The van der Waals surface area contributed by atoms with E-state index in [0.717, 1.165) is 6.21 Å². The highest BCUT2D eigenvalue weighted by atomic mass is 16.8. The van der Waals surface area contributed by atoms with E-state index in [-0.39, 0.29) is 25.3 Å². The summed E-state index contributed by atoms with van der Waals surface area (Å²) >= 11 is 0. The van der Waals surface area contributed by atoms with Crippen molar-refractivity contribution in [3.05, 3.63) is 54.1 Å². The minimum Gasteiger partial charge on any atom is -0.467 e. The minimum absolute atomic E-state index is 0.0176. The predicted molar refractivity (Wildman–Crippen MR) is 122 cm³/mol. The highest BCUT2D eigenvalue weighted by molar-refractivity contribution is 6.02. The molecule has 1 aliphatic heterocycles. The molecule has 1 aromatic carbocycles. The summed E-state index contributed by atoms with van der Waals surface area (Å²) in [6.45, 7) is 5.03. The molecule has 1 aliphatic carbocycles. The lowest BCUT2D eigenvalue weighted by Crippen LogP contribution is -2.58. The van der Waals surface area contributed by atoms with E-state index < -0.39 is 23.2 Å². The van der Waals surface area contributed by atoms with E-state index in [4.69, 9.17) is 24.5 Å². The Kier molecular flexibility index (Phi) is 7.67. The van der Waals surface area contributed by atoms with Gasteiger partial charge in [-0.2, -0.15) is 5.11 Å². The molecule has 34 heavy (non-hydrogen) atoms. The Labute approximate surface area is 197 Å². The van der Waals surface area contributed by atoms with Gasteiger partial charge >= 0.3 is 12.1 Å². The van der Waals surface area contributed by atoms with E-state index in [0.29, 0.717) is 11.3 Å². The molecule has 182 valence electrons. The number of rotatable bonds is 9. The molecule has 1 amide bonds. The number of hydroxylamine groups is 1. The number of esters is 1. The van der Waals surface area contributed by atoms with Crippen molar-refractivity contribution in [3.63, 3.8) is 0 Å². The molecular formula is C23H29N5O6. The molecular weight excluding hydrogens is 442 g/mol. The molecule has 0 spiro atoms. The molecule has 1 heterocycles. The van der Waals surface area contributed by atoms with Crippen LogP contribution in [-0.4, -0.2) is 60.6 Å². The highest BCUT2D eigenvalue weighted by Crippen LogP contribution is 2.24. The summed E-state index contributed by atoms with van der Waals surface area (Å²) in [5.74, 6) is -0.263. The van der Waals surface area contributed by atoms with Gasteiger partial charge in [0.05, 0.1) is 7.11 Å². The monoisotopic (exact) mass is 471 g/mol. The van der Waals surface area contributed by atoms with Crippen molar-refractivity contribution in [3.8, 4) is 5.75 Å². The van der Waals surface area contributed by atoms with Crippen LogP contribution in [0.2, 0.25) is 0 Å². The quantitative estimate of drug-likeness (QED) is 0.321. The molecule has 11 heteroatoms. The van der Waals surface area contributed by atoms with E-state index in [9.17, 15) is 9.59 Å². The summed E-state index contributed by atoms with van der Waals surface area (Å²) in [5.41, 5.74) is -1.83. The number of allylic oxidation sites excluding steroid dienone is 2. The zero-order chi connectivity index (χ0) is 24.8. The third-order valence-corrected chi connectivity index (χ3v) is 4.94. The summed E-state index contributed by atoms with van der Waals surface area (Å²) in [6, 6.07) is 6.65. The van der Waals surface area contributed by atoms with Crippen molar-refractivity contribution in [1.29, 1.82) is 5.41 Å². The van der Waals surface area contributed by atoms with Gasteiger partial charge in [0.2, 0.25) is 6.79 Å². The van der Waals surface area contributed by atoms with Crippen molar-refractivity contribution in [2.75, 3.05) is 13.9 Å². The number of amides is 1. The van der Waals surface area contributed by atoms with Gasteiger partial charge in [-0.05, 0) is 43.7 Å². The van der Waals surface area contributed by atoms with Crippen molar-refractivity contribution >= 4 is 18.3 Å². The Bertz CT molecular complexity index is 985. The Balaban J connectivity index is 1.59. The second-order valence-electron chi connectivity index (χ2n) is 8.70. The first-order valence-electron chi connectivity index (χ1n) is 10.7. The average molecular weight is 472 g/mol. The molecule has 2 N–H and O–H groups in total. The first-order chi connectivity index (χ1) is 16.2. The average Bonchev–Trinajstić information content (AvgIpc) is 3.21. The van der Waals surface area contributed by atoms with Gasteiger partial charge in [-0.3, -0.25) is 0 Å². The van der Waals surface area contributed by atoms with Crippen LogP contribution in [0.15, 0.2) is 58.9 Å². The lowest BCUT2D eigenvalue weighted by molar-refractivity contribution is -0.210. The zero-order valence-corrected chi connectivity index (χ0v) is 19.6. The minimum atomic E-state index is -1.72. The molecule has 0 bridgehead atoms. The molecule has 3 rings (SSSR count). The number of alkyl carbamates (subject to hydrolysis) is 1. The van der Waals surface area contributed by atoms with Gasteiger partial charge in [0.15, 0.2) is 5.54 Å². The normalized spacial score (nSPS) is 20.3. The smallest absolute Gasteiger partial charge is 0.408 e. The SMILES string of the molecule is COC(=O)C(C=N)(Cc1ccc(OCON2N=NC3C=CC=C[C@H]32)cc1)NC(=O)OC(C)(C)C. The summed E-state index contributed by atoms with van der Waals surface area (Å²) in [4.78, 5) is 30.3. The summed E-state index contributed by atoms with van der Waals surface area (Å²) in [7, 11) is 1.19. The van der Waals surface area contributed by atoms with Crippen LogP contribution in [0.3, 0.4) is 0 Å². The number of nitrogens with zero attached hydrogens (tertiary/aromatic N) is 3. The number of hydrogen-bond donors (Lipinski definition) is 2. The Morgan fingerprint density at radius 1 is 1.18 bits per heavy atom. The lowest BCUT2D eigenvalue weighted by atomic mass is 9.92. The topological polar surface area (TPSA) is 135 Å². The number of methoxy groups -OCH3 is 1. The molecule has 0 fully saturated rings. The van der Waals surface area contributed by atoms with Crippen LogP contribution in [0.4, 0.5) is 4.79 Å².